The average Bonchev–Trinajstić information content (AvgIpc) is 2.61. The van der Waals surface area contributed by atoms with Gasteiger partial charge in [0, 0.05) is 12.1 Å². The predicted molar refractivity (Wildman–Crippen MR) is 61.5 cm³/mol. The molecule has 86 valence electrons. The first-order valence-corrected chi connectivity index (χ1v) is 5.64. The van der Waals surface area contributed by atoms with Crippen molar-refractivity contribution in [3.63, 3.8) is 0 Å². The van der Waals surface area contributed by atoms with E-state index in [-0.39, 0.29) is 0 Å². The van der Waals surface area contributed by atoms with Gasteiger partial charge in [0.25, 0.3) is 0 Å². The second-order valence-corrected chi connectivity index (χ2v) is 4.63. The van der Waals surface area contributed by atoms with Crippen molar-refractivity contribution in [2.24, 2.45) is 5.92 Å². The Balaban J connectivity index is 2.54. The van der Waals surface area contributed by atoms with E-state index in [9.17, 15) is 0 Å². The lowest BCUT2D eigenvalue weighted by Gasteiger charge is -2.17. The van der Waals surface area contributed by atoms with Gasteiger partial charge in [-0.25, -0.2) is 9.67 Å². The third-order valence-corrected chi connectivity index (χ3v) is 2.72. The van der Waals surface area contributed by atoms with Gasteiger partial charge in [-0.2, -0.15) is 5.10 Å². The van der Waals surface area contributed by atoms with Crippen molar-refractivity contribution < 1.29 is 0 Å². The molecular formula is C11H22N4. The maximum Gasteiger partial charge on any atom is 0.141 e. The summed E-state index contributed by atoms with van der Waals surface area (Å²) >= 11 is 0. The van der Waals surface area contributed by atoms with E-state index in [1.165, 1.54) is 0 Å². The van der Waals surface area contributed by atoms with E-state index < -0.39 is 0 Å². The first-order chi connectivity index (χ1) is 7.02. The van der Waals surface area contributed by atoms with Gasteiger partial charge in [-0.15, -0.1) is 0 Å². The first-order valence-electron chi connectivity index (χ1n) is 5.64. The number of aromatic nitrogens is 3. The third-order valence-electron chi connectivity index (χ3n) is 2.72. The van der Waals surface area contributed by atoms with Gasteiger partial charge in [0.05, 0.1) is 6.54 Å². The standard InChI is InChI=1S/C11H22N4/c1-8(2)10(5)12-6-11-13-7-14-15(11)9(3)4/h7-10,12H,6H2,1-5H3. The molecule has 1 unspecified atom stereocenters. The summed E-state index contributed by atoms with van der Waals surface area (Å²) in [5.41, 5.74) is 0. The normalized spacial score (nSPS) is 13.8. The van der Waals surface area contributed by atoms with Crippen molar-refractivity contribution in [2.75, 3.05) is 0 Å². The zero-order valence-electron chi connectivity index (χ0n) is 10.4. The summed E-state index contributed by atoms with van der Waals surface area (Å²) in [6.45, 7) is 11.6. The van der Waals surface area contributed by atoms with E-state index in [1.807, 2.05) is 4.68 Å². The van der Waals surface area contributed by atoms with Gasteiger partial charge < -0.3 is 5.32 Å². The molecule has 0 bridgehead atoms. The molecule has 15 heavy (non-hydrogen) atoms. The molecule has 4 heteroatoms. The van der Waals surface area contributed by atoms with Crippen LogP contribution in [0.5, 0.6) is 0 Å². The molecule has 0 aliphatic rings. The molecule has 1 aromatic heterocycles. The SMILES string of the molecule is CC(C)C(C)NCc1ncnn1C(C)C. The highest BCUT2D eigenvalue weighted by Gasteiger charge is 2.10. The van der Waals surface area contributed by atoms with Gasteiger partial charge in [0.1, 0.15) is 12.2 Å². The number of rotatable bonds is 5. The van der Waals surface area contributed by atoms with Gasteiger partial charge in [-0.3, -0.25) is 0 Å². The quantitative estimate of drug-likeness (QED) is 0.808. The topological polar surface area (TPSA) is 42.7 Å². The Bertz CT molecular complexity index is 291. The molecule has 1 N–H and O–H groups in total. The fraction of sp³-hybridized carbons (Fsp3) is 0.818. The number of nitrogens with zero attached hydrogens (tertiary/aromatic N) is 3. The van der Waals surface area contributed by atoms with E-state index in [1.54, 1.807) is 6.33 Å². The summed E-state index contributed by atoms with van der Waals surface area (Å²) < 4.78 is 1.96. The summed E-state index contributed by atoms with van der Waals surface area (Å²) in [4.78, 5) is 4.26. The smallest absolute Gasteiger partial charge is 0.141 e. The molecule has 0 saturated heterocycles. The van der Waals surface area contributed by atoms with Crippen LogP contribution in [0.3, 0.4) is 0 Å². The van der Waals surface area contributed by atoms with Crippen molar-refractivity contribution >= 4 is 0 Å². The molecule has 0 aliphatic heterocycles. The lowest BCUT2D eigenvalue weighted by atomic mass is 10.1. The second-order valence-electron chi connectivity index (χ2n) is 4.63. The van der Waals surface area contributed by atoms with E-state index in [4.69, 9.17) is 0 Å². The highest BCUT2D eigenvalue weighted by atomic mass is 15.4. The number of hydrogen-bond donors (Lipinski definition) is 1. The van der Waals surface area contributed by atoms with Crippen LogP contribution < -0.4 is 5.32 Å². The summed E-state index contributed by atoms with van der Waals surface area (Å²) in [6, 6.07) is 0.876. The molecule has 0 aliphatic carbocycles. The van der Waals surface area contributed by atoms with Crippen LogP contribution in [-0.2, 0) is 6.54 Å². The van der Waals surface area contributed by atoms with Gasteiger partial charge in [-0.05, 0) is 26.7 Å². The number of hydrogen-bond acceptors (Lipinski definition) is 3. The minimum Gasteiger partial charge on any atom is -0.307 e. The molecular weight excluding hydrogens is 188 g/mol. The number of nitrogens with one attached hydrogen (secondary N) is 1. The Kier molecular flexibility index (Phi) is 4.27. The summed E-state index contributed by atoms with van der Waals surface area (Å²) in [6.07, 6.45) is 1.62. The molecule has 1 atom stereocenters. The molecule has 0 fully saturated rings. The highest BCUT2D eigenvalue weighted by molar-refractivity contribution is 4.86. The third kappa shape index (κ3) is 3.30. The van der Waals surface area contributed by atoms with Crippen LogP contribution in [0.4, 0.5) is 0 Å². The van der Waals surface area contributed by atoms with Crippen molar-refractivity contribution in [2.45, 2.75) is 53.2 Å². The molecule has 0 radical (unpaired) electrons. The Morgan fingerprint density at radius 1 is 1.27 bits per heavy atom. The molecule has 4 nitrogen and oxygen atoms in total. The van der Waals surface area contributed by atoms with Crippen molar-refractivity contribution in [1.29, 1.82) is 0 Å². The van der Waals surface area contributed by atoms with Crippen LogP contribution in [0.2, 0.25) is 0 Å². The highest BCUT2D eigenvalue weighted by Crippen LogP contribution is 2.06. The molecule has 0 aromatic carbocycles. The Morgan fingerprint density at radius 3 is 2.47 bits per heavy atom. The Morgan fingerprint density at radius 2 is 1.93 bits per heavy atom. The average molecular weight is 210 g/mol. The predicted octanol–water partition coefficient (Wildman–Crippen LogP) is 1.99. The van der Waals surface area contributed by atoms with Gasteiger partial charge in [-0.1, -0.05) is 13.8 Å². The van der Waals surface area contributed by atoms with Crippen LogP contribution in [0, 0.1) is 5.92 Å². The van der Waals surface area contributed by atoms with E-state index >= 15 is 0 Å². The van der Waals surface area contributed by atoms with Crippen molar-refractivity contribution in [1.82, 2.24) is 20.1 Å². The second kappa shape index (κ2) is 5.26. The first kappa shape index (κ1) is 12.2. The molecule has 1 aromatic rings. The molecule has 1 heterocycles. The van der Waals surface area contributed by atoms with E-state index in [0.29, 0.717) is 18.0 Å². The van der Waals surface area contributed by atoms with E-state index in [2.05, 4.69) is 50.0 Å². The zero-order chi connectivity index (χ0) is 11.4. The Labute approximate surface area is 92.1 Å². The molecule has 0 amide bonds. The summed E-state index contributed by atoms with van der Waals surface area (Å²) in [5, 5.41) is 7.66. The maximum atomic E-state index is 4.26. The fourth-order valence-electron chi connectivity index (χ4n) is 1.32. The minimum atomic E-state index is 0.374. The van der Waals surface area contributed by atoms with Crippen LogP contribution in [0.1, 0.15) is 46.5 Å². The monoisotopic (exact) mass is 210 g/mol. The van der Waals surface area contributed by atoms with E-state index in [0.717, 1.165) is 12.4 Å². The van der Waals surface area contributed by atoms with Crippen molar-refractivity contribution in [3.05, 3.63) is 12.2 Å². The van der Waals surface area contributed by atoms with Crippen LogP contribution >= 0.6 is 0 Å². The van der Waals surface area contributed by atoms with Crippen LogP contribution in [-0.4, -0.2) is 20.8 Å². The molecule has 1 rings (SSSR count). The summed E-state index contributed by atoms with van der Waals surface area (Å²) in [7, 11) is 0. The fourth-order valence-corrected chi connectivity index (χ4v) is 1.32. The lowest BCUT2D eigenvalue weighted by molar-refractivity contribution is 0.406. The van der Waals surface area contributed by atoms with Gasteiger partial charge in [0.2, 0.25) is 0 Å². The van der Waals surface area contributed by atoms with Gasteiger partial charge >= 0.3 is 0 Å². The Hall–Kier alpha value is -0.900. The lowest BCUT2D eigenvalue weighted by Crippen LogP contribution is -2.31. The minimum absolute atomic E-state index is 0.374. The van der Waals surface area contributed by atoms with Crippen molar-refractivity contribution in [3.8, 4) is 0 Å². The van der Waals surface area contributed by atoms with Crippen LogP contribution in [0.15, 0.2) is 6.33 Å². The maximum absolute atomic E-state index is 4.26. The zero-order valence-corrected chi connectivity index (χ0v) is 10.4. The van der Waals surface area contributed by atoms with Crippen LogP contribution in [0.25, 0.3) is 0 Å². The summed E-state index contributed by atoms with van der Waals surface area (Å²) in [5.74, 6) is 1.65. The molecule has 0 saturated carbocycles. The molecule has 0 spiro atoms. The largest absolute Gasteiger partial charge is 0.307 e. The van der Waals surface area contributed by atoms with Gasteiger partial charge in [0.15, 0.2) is 0 Å².